The minimum Gasteiger partial charge on any atom is -0.361 e. The Morgan fingerprint density at radius 2 is 1.96 bits per heavy atom. The molecule has 1 saturated heterocycles. The summed E-state index contributed by atoms with van der Waals surface area (Å²) in [6.07, 6.45) is 5.78. The predicted molar refractivity (Wildman–Crippen MR) is 93.5 cm³/mol. The summed E-state index contributed by atoms with van der Waals surface area (Å²) in [5.41, 5.74) is 0.814. The van der Waals surface area contributed by atoms with E-state index in [0.717, 1.165) is 56.3 Å². The molecule has 25 heavy (non-hydrogen) atoms. The zero-order chi connectivity index (χ0) is 17.2. The van der Waals surface area contributed by atoms with Gasteiger partial charge in [0.15, 0.2) is 11.5 Å². The highest BCUT2D eigenvalue weighted by Crippen LogP contribution is 2.27. The number of likely N-dealkylation sites (tertiary alicyclic amines) is 1. The van der Waals surface area contributed by atoms with E-state index in [1.807, 2.05) is 46.5 Å². The molecule has 1 fully saturated rings. The van der Waals surface area contributed by atoms with Crippen LogP contribution >= 0.6 is 0 Å². The van der Waals surface area contributed by atoms with Crippen LogP contribution in [0.1, 0.15) is 24.6 Å². The molecule has 0 atom stereocenters. The minimum absolute atomic E-state index is 0.405. The summed E-state index contributed by atoms with van der Waals surface area (Å²) in [4.78, 5) is 4.47. The van der Waals surface area contributed by atoms with Crippen LogP contribution in [0.15, 0.2) is 24.5 Å². The van der Waals surface area contributed by atoms with Gasteiger partial charge >= 0.3 is 0 Å². The van der Waals surface area contributed by atoms with E-state index in [-0.39, 0.29) is 0 Å². The summed E-state index contributed by atoms with van der Waals surface area (Å²) in [6.45, 7) is 4.00. The topological polar surface area (TPSA) is 80.3 Å². The molecule has 0 saturated carbocycles. The number of aromatic nitrogens is 7. The molecule has 0 unspecified atom stereocenters. The van der Waals surface area contributed by atoms with Crippen LogP contribution in [0.3, 0.4) is 0 Å². The van der Waals surface area contributed by atoms with Gasteiger partial charge in [-0.25, -0.2) is 0 Å². The van der Waals surface area contributed by atoms with Crippen LogP contribution in [0.5, 0.6) is 0 Å². The van der Waals surface area contributed by atoms with E-state index in [4.69, 9.17) is 0 Å². The van der Waals surface area contributed by atoms with E-state index < -0.39 is 0 Å². The molecule has 3 aromatic rings. The van der Waals surface area contributed by atoms with Gasteiger partial charge in [-0.2, -0.15) is 4.52 Å². The quantitative estimate of drug-likeness (QED) is 0.674. The highest BCUT2D eigenvalue weighted by atomic mass is 15.4. The lowest BCUT2D eigenvalue weighted by atomic mass is 9.96. The van der Waals surface area contributed by atoms with Gasteiger partial charge in [-0.05, 0) is 38.1 Å². The van der Waals surface area contributed by atoms with Crippen molar-refractivity contribution in [3.8, 4) is 0 Å². The van der Waals surface area contributed by atoms with Crippen molar-refractivity contribution in [3.05, 3.63) is 30.4 Å². The first kappa shape index (κ1) is 15.9. The van der Waals surface area contributed by atoms with Crippen molar-refractivity contribution >= 4 is 11.5 Å². The summed E-state index contributed by atoms with van der Waals surface area (Å²) >= 11 is 0. The largest absolute Gasteiger partial charge is 0.361 e. The Balaban J connectivity index is 1.42. The van der Waals surface area contributed by atoms with Crippen LogP contribution in [0.2, 0.25) is 0 Å². The van der Waals surface area contributed by atoms with Crippen molar-refractivity contribution < 1.29 is 0 Å². The molecule has 0 radical (unpaired) electrons. The van der Waals surface area contributed by atoms with Crippen LogP contribution in [0.25, 0.3) is 5.65 Å². The molecule has 0 spiro atoms. The van der Waals surface area contributed by atoms with Gasteiger partial charge in [-0.15, -0.1) is 20.4 Å². The lowest BCUT2D eigenvalue weighted by molar-refractivity contribution is 0.199. The number of fused-ring (bicyclic) bond motifs is 1. The normalized spacial score (nSPS) is 16.6. The van der Waals surface area contributed by atoms with Gasteiger partial charge < -0.3 is 9.80 Å². The van der Waals surface area contributed by atoms with Crippen LogP contribution in [0, 0.1) is 0 Å². The van der Waals surface area contributed by atoms with E-state index in [1.54, 1.807) is 6.20 Å². The summed E-state index contributed by atoms with van der Waals surface area (Å²) in [5.74, 6) is 2.30. The monoisotopic (exact) mass is 341 g/mol. The third-order valence-electron chi connectivity index (χ3n) is 4.80. The summed E-state index contributed by atoms with van der Waals surface area (Å²) in [5, 5.41) is 21.3. The molecule has 4 rings (SSSR count). The lowest BCUT2D eigenvalue weighted by Crippen LogP contribution is -2.35. The Morgan fingerprint density at radius 3 is 2.68 bits per heavy atom. The Kier molecular flexibility index (Phi) is 4.31. The third kappa shape index (κ3) is 3.32. The maximum atomic E-state index is 4.68. The maximum Gasteiger partial charge on any atom is 0.178 e. The third-order valence-corrected chi connectivity index (χ3v) is 4.80. The van der Waals surface area contributed by atoms with Gasteiger partial charge in [-0.1, -0.05) is 5.21 Å². The SMILES string of the molecule is CN(C)c1ccc2nnc(C3CCN(CCn4ccnn4)CC3)n2n1. The zero-order valence-electron chi connectivity index (χ0n) is 14.7. The fourth-order valence-electron chi connectivity index (χ4n) is 3.30. The number of hydrogen-bond donors (Lipinski definition) is 0. The molecule has 4 heterocycles. The second kappa shape index (κ2) is 6.75. The highest BCUT2D eigenvalue weighted by Gasteiger charge is 2.25. The van der Waals surface area contributed by atoms with Crippen molar-refractivity contribution in [2.45, 2.75) is 25.3 Å². The molecule has 0 aliphatic carbocycles. The highest BCUT2D eigenvalue weighted by molar-refractivity contribution is 5.45. The number of rotatable bonds is 5. The molecular formula is C16H23N9. The van der Waals surface area contributed by atoms with Gasteiger partial charge in [0, 0.05) is 32.8 Å². The molecule has 9 nitrogen and oxygen atoms in total. The second-order valence-corrected chi connectivity index (χ2v) is 6.70. The van der Waals surface area contributed by atoms with Gasteiger partial charge in [0.1, 0.15) is 5.82 Å². The Bertz CT molecular complexity index is 815. The van der Waals surface area contributed by atoms with E-state index in [0.29, 0.717) is 5.92 Å². The van der Waals surface area contributed by atoms with Crippen molar-refractivity contribution in [2.24, 2.45) is 0 Å². The molecule has 0 aromatic carbocycles. The fourth-order valence-corrected chi connectivity index (χ4v) is 3.30. The van der Waals surface area contributed by atoms with Gasteiger partial charge in [-0.3, -0.25) is 4.68 Å². The van der Waals surface area contributed by atoms with Crippen LogP contribution < -0.4 is 4.90 Å². The summed E-state index contributed by atoms with van der Waals surface area (Å²) < 4.78 is 3.79. The van der Waals surface area contributed by atoms with E-state index in [2.05, 4.69) is 30.5 Å². The summed E-state index contributed by atoms with van der Waals surface area (Å²) in [6, 6.07) is 3.95. The molecule has 132 valence electrons. The van der Waals surface area contributed by atoms with E-state index in [1.165, 1.54) is 0 Å². The number of nitrogens with zero attached hydrogens (tertiary/aromatic N) is 9. The van der Waals surface area contributed by atoms with Crippen molar-refractivity contribution in [1.82, 2.24) is 39.7 Å². The molecule has 1 aliphatic rings. The average molecular weight is 341 g/mol. The first-order valence-electron chi connectivity index (χ1n) is 8.67. The molecule has 9 heteroatoms. The predicted octanol–water partition coefficient (Wildman–Crippen LogP) is 0.661. The molecule has 0 bridgehead atoms. The number of piperidine rings is 1. The molecule has 1 aliphatic heterocycles. The molecule has 0 N–H and O–H groups in total. The van der Waals surface area contributed by atoms with Crippen molar-refractivity contribution in [1.29, 1.82) is 0 Å². The van der Waals surface area contributed by atoms with Crippen LogP contribution in [-0.2, 0) is 6.54 Å². The fraction of sp³-hybridized carbons (Fsp3) is 0.562. The molecule has 3 aromatic heterocycles. The maximum absolute atomic E-state index is 4.68. The molecule has 0 amide bonds. The Labute approximate surface area is 146 Å². The minimum atomic E-state index is 0.405. The van der Waals surface area contributed by atoms with Crippen molar-refractivity contribution in [2.75, 3.05) is 38.6 Å². The Hall–Kier alpha value is -2.55. The zero-order valence-corrected chi connectivity index (χ0v) is 14.7. The van der Waals surface area contributed by atoms with Crippen molar-refractivity contribution in [3.63, 3.8) is 0 Å². The second-order valence-electron chi connectivity index (χ2n) is 6.70. The first-order chi connectivity index (χ1) is 12.2. The van der Waals surface area contributed by atoms with Gasteiger partial charge in [0.25, 0.3) is 0 Å². The van der Waals surface area contributed by atoms with Crippen LogP contribution in [0.4, 0.5) is 5.82 Å². The smallest absolute Gasteiger partial charge is 0.178 e. The molecular weight excluding hydrogens is 318 g/mol. The average Bonchev–Trinajstić information content (AvgIpc) is 3.29. The van der Waals surface area contributed by atoms with E-state index >= 15 is 0 Å². The van der Waals surface area contributed by atoms with E-state index in [9.17, 15) is 0 Å². The first-order valence-corrected chi connectivity index (χ1v) is 8.67. The van der Waals surface area contributed by atoms with Crippen LogP contribution in [-0.4, -0.2) is 73.4 Å². The standard InChI is InChI=1S/C16H23N9/c1-22(2)15-4-3-14-18-19-16(25(14)20-15)13-5-8-23(9-6-13)11-12-24-10-7-17-21-24/h3-4,7,10,13H,5-6,8-9,11-12H2,1-2H3. The van der Waals surface area contributed by atoms with Gasteiger partial charge in [0.05, 0.1) is 12.7 Å². The van der Waals surface area contributed by atoms with Gasteiger partial charge in [0.2, 0.25) is 0 Å². The number of hydrogen-bond acceptors (Lipinski definition) is 7. The Morgan fingerprint density at radius 1 is 1.12 bits per heavy atom. The summed E-state index contributed by atoms with van der Waals surface area (Å²) in [7, 11) is 3.98. The number of anilines is 1. The lowest BCUT2D eigenvalue weighted by Gasteiger charge is -2.30.